The molecule has 0 N–H and O–H groups in total. The number of carboxylic acids is 1. The number of ether oxygens (including phenoxy) is 1. The normalized spacial score (nSPS) is 26.4. The molecular weight excluding hydrogens is 208 g/mol. The summed E-state index contributed by atoms with van der Waals surface area (Å²) in [5.74, 6) is -2.23. The van der Waals surface area contributed by atoms with Gasteiger partial charge >= 0.3 is 5.97 Å². The molecule has 0 amide bonds. The molecule has 0 radical (unpaired) electrons. The van der Waals surface area contributed by atoms with Crippen molar-refractivity contribution in [2.75, 3.05) is 6.61 Å². The summed E-state index contributed by atoms with van der Waals surface area (Å²) in [7, 11) is 0. The fraction of sp³-hybridized carbons (Fsp3) is 0.500. The predicted octanol–water partition coefficient (Wildman–Crippen LogP) is 0.294. The molecule has 2 unspecified atom stereocenters. The van der Waals surface area contributed by atoms with Crippen LogP contribution in [0, 0.1) is 17.3 Å². The number of rotatable bonds is 5. The van der Waals surface area contributed by atoms with Crippen LogP contribution in [0.25, 0.3) is 0 Å². The van der Waals surface area contributed by atoms with Crippen LogP contribution in [-0.2, 0) is 14.3 Å². The van der Waals surface area contributed by atoms with Gasteiger partial charge in [0.2, 0.25) is 0 Å². The van der Waals surface area contributed by atoms with Crippen molar-refractivity contribution in [2.45, 2.75) is 13.8 Å². The Hall–Kier alpha value is -1.58. The lowest BCUT2D eigenvalue weighted by molar-refractivity contribution is -0.309. The molecule has 1 saturated carbocycles. The Morgan fingerprint density at radius 2 is 2.12 bits per heavy atom. The fourth-order valence-electron chi connectivity index (χ4n) is 1.86. The van der Waals surface area contributed by atoms with Gasteiger partial charge in [-0.2, -0.15) is 0 Å². The summed E-state index contributed by atoms with van der Waals surface area (Å²) in [6.07, 6.45) is 4.31. The van der Waals surface area contributed by atoms with E-state index in [1.165, 1.54) is 12.2 Å². The third kappa shape index (κ3) is 2.51. The van der Waals surface area contributed by atoms with Crippen LogP contribution in [0.1, 0.15) is 13.8 Å². The van der Waals surface area contributed by atoms with Gasteiger partial charge in [0.05, 0.1) is 0 Å². The SMILES string of the molecule is C=CCOC(=O)/C=C/C1C(C(=O)[O-])C1(C)C. The van der Waals surface area contributed by atoms with Crippen molar-refractivity contribution < 1.29 is 19.4 Å². The van der Waals surface area contributed by atoms with E-state index in [2.05, 4.69) is 6.58 Å². The maximum absolute atomic E-state index is 11.1. The van der Waals surface area contributed by atoms with Crippen molar-refractivity contribution in [3.63, 3.8) is 0 Å². The summed E-state index contributed by atoms with van der Waals surface area (Å²) in [6.45, 7) is 7.23. The molecule has 4 heteroatoms. The van der Waals surface area contributed by atoms with Gasteiger partial charge in [0, 0.05) is 18.0 Å². The number of carbonyl (C=O) groups is 2. The summed E-state index contributed by atoms with van der Waals surface area (Å²) in [4.78, 5) is 21.8. The van der Waals surface area contributed by atoms with Gasteiger partial charge in [0.15, 0.2) is 0 Å². The van der Waals surface area contributed by atoms with E-state index in [0.717, 1.165) is 0 Å². The Morgan fingerprint density at radius 3 is 2.56 bits per heavy atom. The second-order valence-electron chi connectivity index (χ2n) is 4.42. The predicted molar refractivity (Wildman–Crippen MR) is 56.1 cm³/mol. The largest absolute Gasteiger partial charge is 0.550 e. The zero-order chi connectivity index (χ0) is 12.3. The van der Waals surface area contributed by atoms with Crippen LogP contribution < -0.4 is 5.11 Å². The molecular formula is C12H15O4-. The Bertz CT molecular complexity index is 341. The van der Waals surface area contributed by atoms with Crippen LogP contribution >= 0.6 is 0 Å². The smallest absolute Gasteiger partial charge is 0.330 e. The van der Waals surface area contributed by atoms with E-state index in [1.807, 2.05) is 13.8 Å². The van der Waals surface area contributed by atoms with E-state index < -0.39 is 17.9 Å². The highest BCUT2D eigenvalue weighted by Crippen LogP contribution is 2.58. The van der Waals surface area contributed by atoms with Gasteiger partial charge in [-0.05, 0) is 11.3 Å². The number of allylic oxidation sites excluding steroid dienone is 1. The third-order valence-corrected chi connectivity index (χ3v) is 2.95. The molecule has 1 fully saturated rings. The Balaban J connectivity index is 2.50. The van der Waals surface area contributed by atoms with Gasteiger partial charge in [-0.1, -0.05) is 32.6 Å². The monoisotopic (exact) mass is 223 g/mol. The maximum atomic E-state index is 11.1. The van der Waals surface area contributed by atoms with E-state index in [0.29, 0.717) is 0 Å². The van der Waals surface area contributed by atoms with Crippen molar-refractivity contribution in [2.24, 2.45) is 17.3 Å². The molecule has 1 rings (SSSR count). The number of carbonyl (C=O) groups excluding carboxylic acids is 2. The Kier molecular flexibility index (Phi) is 3.52. The van der Waals surface area contributed by atoms with Crippen LogP contribution in [0.4, 0.5) is 0 Å². The van der Waals surface area contributed by atoms with Crippen LogP contribution in [0.2, 0.25) is 0 Å². The maximum Gasteiger partial charge on any atom is 0.330 e. The van der Waals surface area contributed by atoms with Crippen LogP contribution in [0.15, 0.2) is 24.8 Å². The van der Waals surface area contributed by atoms with E-state index in [9.17, 15) is 14.7 Å². The van der Waals surface area contributed by atoms with Crippen molar-refractivity contribution >= 4 is 11.9 Å². The second kappa shape index (κ2) is 4.51. The first-order valence-electron chi connectivity index (χ1n) is 5.08. The first kappa shape index (κ1) is 12.5. The minimum absolute atomic E-state index is 0.154. The molecule has 0 aromatic carbocycles. The van der Waals surface area contributed by atoms with E-state index in [-0.39, 0.29) is 17.9 Å². The molecule has 0 spiro atoms. The number of carboxylic acid groups (broad SMARTS) is 1. The van der Waals surface area contributed by atoms with Gasteiger partial charge in [-0.15, -0.1) is 0 Å². The number of aliphatic carboxylic acids is 1. The van der Waals surface area contributed by atoms with Gasteiger partial charge in [0.25, 0.3) is 0 Å². The van der Waals surface area contributed by atoms with E-state index in [4.69, 9.17) is 4.74 Å². The number of hydrogen-bond acceptors (Lipinski definition) is 4. The van der Waals surface area contributed by atoms with Gasteiger partial charge in [-0.3, -0.25) is 0 Å². The molecule has 1 aliphatic rings. The first-order chi connectivity index (χ1) is 7.41. The lowest BCUT2D eigenvalue weighted by Crippen LogP contribution is -2.26. The fourth-order valence-corrected chi connectivity index (χ4v) is 1.86. The molecule has 0 aliphatic heterocycles. The van der Waals surface area contributed by atoms with Crippen molar-refractivity contribution in [3.8, 4) is 0 Å². The highest BCUT2D eigenvalue weighted by Gasteiger charge is 2.56. The minimum Gasteiger partial charge on any atom is -0.550 e. The van der Waals surface area contributed by atoms with E-state index >= 15 is 0 Å². The molecule has 2 atom stereocenters. The van der Waals surface area contributed by atoms with Crippen LogP contribution in [0.5, 0.6) is 0 Å². The quantitative estimate of drug-likeness (QED) is 0.382. The highest BCUT2D eigenvalue weighted by molar-refractivity contribution is 5.82. The number of esters is 1. The van der Waals surface area contributed by atoms with Gasteiger partial charge in [-0.25, -0.2) is 4.79 Å². The molecule has 88 valence electrons. The summed E-state index contributed by atoms with van der Waals surface area (Å²) in [5.41, 5.74) is -0.339. The summed E-state index contributed by atoms with van der Waals surface area (Å²) in [6, 6.07) is 0. The summed E-state index contributed by atoms with van der Waals surface area (Å²) in [5, 5.41) is 10.7. The van der Waals surface area contributed by atoms with E-state index in [1.54, 1.807) is 6.08 Å². The average Bonchev–Trinajstić information content (AvgIpc) is 2.74. The zero-order valence-corrected chi connectivity index (χ0v) is 9.43. The molecule has 0 bridgehead atoms. The van der Waals surface area contributed by atoms with Crippen molar-refractivity contribution in [3.05, 3.63) is 24.8 Å². The topological polar surface area (TPSA) is 66.4 Å². The molecule has 4 nitrogen and oxygen atoms in total. The summed E-state index contributed by atoms with van der Waals surface area (Å²) >= 11 is 0. The standard InChI is InChI=1S/C12H16O4/c1-4-7-16-9(13)6-5-8-10(11(14)15)12(8,2)3/h4-6,8,10H,1,7H2,2-3H3,(H,14,15)/p-1/b6-5+. The molecule has 0 aromatic rings. The second-order valence-corrected chi connectivity index (χ2v) is 4.42. The average molecular weight is 223 g/mol. The lowest BCUT2D eigenvalue weighted by atomic mass is 10.1. The molecule has 0 saturated heterocycles. The Morgan fingerprint density at radius 1 is 1.50 bits per heavy atom. The van der Waals surface area contributed by atoms with Crippen LogP contribution in [0.3, 0.4) is 0 Å². The molecule has 1 aliphatic carbocycles. The van der Waals surface area contributed by atoms with Crippen LogP contribution in [-0.4, -0.2) is 18.5 Å². The molecule has 0 aromatic heterocycles. The third-order valence-electron chi connectivity index (χ3n) is 2.95. The first-order valence-corrected chi connectivity index (χ1v) is 5.08. The molecule has 16 heavy (non-hydrogen) atoms. The summed E-state index contributed by atoms with van der Waals surface area (Å²) < 4.78 is 4.73. The number of hydrogen-bond donors (Lipinski definition) is 0. The minimum atomic E-state index is -1.07. The van der Waals surface area contributed by atoms with Gasteiger partial charge < -0.3 is 14.6 Å². The Labute approximate surface area is 94.6 Å². The van der Waals surface area contributed by atoms with Crippen molar-refractivity contribution in [1.82, 2.24) is 0 Å². The lowest BCUT2D eigenvalue weighted by Gasteiger charge is -2.01. The molecule has 0 heterocycles. The highest BCUT2D eigenvalue weighted by atomic mass is 16.5. The van der Waals surface area contributed by atoms with Crippen molar-refractivity contribution in [1.29, 1.82) is 0 Å². The van der Waals surface area contributed by atoms with Gasteiger partial charge in [0.1, 0.15) is 6.61 Å². The zero-order valence-electron chi connectivity index (χ0n) is 9.43.